The fourth-order valence-electron chi connectivity index (χ4n) is 4.14. The summed E-state index contributed by atoms with van der Waals surface area (Å²) >= 11 is 0. The molecule has 29 heavy (non-hydrogen) atoms. The Labute approximate surface area is 183 Å². The van der Waals surface area contributed by atoms with Gasteiger partial charge in [0.1, 0.15) is 0 Å². The van der Waals surface area contributed by atoms with Crippen LogP contribution in [0.2, 0.25) is 0 Å². The van der Waals surface area contributed by atoms with E-state index in [-0.39, 0.29) is 11.8 Å². The van der Waals surface area contributed by atoms with Crippen molar-refractivity contribution in [3.8, 4) is 0 Å². The van der Waals surface area contributed by atoms with Crippen molar-refractivity contribution >= 4 is 5.91 Å². The van der Waals surface area contributed by atoms with E-state index in [1.165, 1.54) is 109 Å². The summed E-state index contributed by atoms with van der Waals surface area (Å²) in [7, 11) is 4.10. The van der Waals surface area contributed by atoms with Crippen LogP contribution in [-0.2, 0) is 4.79 Å². The zero-order valence-electron chi connectivity index (χ0n) is 20.4. The first kappa shape index (κ1) is 28.4. The molecule has 2 N–H and O–H groups in total. The summed E-state index contributed by atoms with van der Waals surface area (Å²) in [4.78, 5) is 13.7. The second-order valence-corrected chi connectivity index (χ2v) is 9.49. The predicted molar refractivity (Wildman–Crippen MR) is 129 cm³/mol. The Balaban J connectivity index is 3.26. The number of rotatable bonds is 23. The average molecular weight is 411 g/mol. The van der Waals surface area contributed by atoms with Crippen molar-refractivity contribution < 1.29 is 4.79 Å². The molecule has 0 spiro atoms. The lowest BCUT2D eigenvalue weighted by atomic mass is 9.96. The van der Waals surface area contributed by atoms with Gasteiger partial charge in [-0.05, 0) is 33.5 Å². The molecule has 0 bridgehead atoms. The van der Waals surface area contributed by atoms with E-state index in [2.05, 4.69) is 25.9 Å². The van der Waals surface area contributed by atoms with Crippen molar-refractivity contribution in [1.29, 1.82) is 0 Å². The second-order valence-electron chi connectivity index (χ2n) is 9.49. The number of amides is 1. The van der Waals surface area contributed by atoms with Crippen LogP contribution in [0, 0.1) is 5.92 Å². The molecule has 3 heteroatoms. The van der Waals surface area contributed by atoms with Gasteiger partial charge in [-0.1, -0.05) is 122 Å². The first-order valence-electron chi connectivity index (χ1n) is 13.0. The van der Waals surface area contributed by atoms with Crippen molar-refractivity contribution in [3.05, 3.63) is 0 Å². The normalized spacial score (nSPS) is 12.6. The Morgan fingerprint density at radius 2 is 0.966 bits per heavy atom. The summed E-state index contributed by atoms with van der Waals surface area (Å²) < 4.78 is 0. The Kier molecular flexibility index (Phi) is 21.7. The minimum Gasteiger partial charge on any atom is -0.369 e. The minimum atomic E-state index is -0.112. The van der Waals surface area contributed by atoms with E-state index in [4.69, 9.17) is 5.73 Å². The lowest BCUT2D eigenvalue weighted by Gasteiger charge is -2.16. The van der Waals surface area contributed by atoms with Gasteiger partial charge in [0.25, 0.3) is 0 Å². The van der Waals surface area contributed by atoms with Gasteiger partial charge in [0.15, 0.2) is 0 Å². The maximum Gasteiger partial charge on any atom is 0.220 e. The van der Waals surface area contributed by atoms with Crippen LogP contribution in [0.25, 0.3) is 0 Å². The molecule has 0 saturated heterocycles. The number of carbonyl (C=O) groups is 1. The van der Waals surface area contributed by atoms with Gasteiger partial charge in [-0.25, -0.2) is 0 Å². The van der Waals surface area contributed by atoms with Crippen molar-refractivity contribution in [2.45, 2.75) is 135 Å². The van der Waals surface area contributed by atoms with Crippen LogP contribution < -0.4 is 5.73 Å². The highest BCUT2D eigenvalue weighted by Gasteiger charge is 2.14. The minimum absolute atomic E-state index is 0.0680. The van der Waals surface area contributed by atoms with Crippen LogP contribution >= 0.6 is 0 Å². The number of unbranched alkanes of at least 4 members (excludes halogenated alkanes) is 17. The predicted octanol–water partition coefficient (Wildman–Crippen LogP) is 7.47. The molecule has 0 aliphatic heterocycles. The monoisotopic (exact) mass is 410 g/mol. The Morgan fingerprint density at radius 3 is 1.28 bits per heavy atom. The van der Waals surface area contributed by atoms with E-state index in [9.17, 15) is 4.79 Å². The Hall–Kier alpha value is -0.570. The molecule has 0 aliphatic rings. The van der Waals surface area contributed by atoms with Gasteiger partial charge in [-0.15, -0.1) is 0 Å². The Bertz CT molecular complexity index is 344. The van der Waals surface area contributed by atoms with Crippen molar-refractivity contribution in [3.63, 3.8) is 0 Å². The first-order chi connectivity index (χ1) is 14.1. The molecule has 0 radical (unpaired) electrons. The van der Waals surface area contributed by atoms with Gasteiger partial charge in [0.2, 0.25) is 5.91 Å². The SMILES string of the molecule is CCCCCCCCCCCCCCCCCCCCC(CCN(C)C)C(N)=O. The highest BCUT2D eigenvalue weighted by Crippen LogP contribution is 2.17. The van der Waals surface area contributed by atoms with Crippen LogP contribution in [0.1, 0.15) is 135 Å². The maximum absolute atomic E-state index is 11.5. The van der Waals surface area contributed by atoms with E-state index >= 15 is 0 Å². The van der Waals surface area contributed by atoms with Gasteiger partial charge in [-0.3, -0.25) is 4.79 Å². The molecule has 0 rings (SSSR count). The van der Waals surface area contributed by atoms with Crippen LogP contribution in [0.4, 0.5) is 0 Å². The highest BCUT2D eigenvalue weighted by molar-refractivity contribution is 5.76. The van der Waals surface area contributed by atoms with E-state index in [1.54, 1.807) is 0 Å². The number of nitrogens with two attached hydrogens (primary N) is 1. The van der Waals surface area contributed by atoms with Crippen molar-refractivity contribution in [2.75, 3.05) is 20.6 Å². The number of hydrogen-bond acceptors (Lipinski definition) is 2. The number of nitrogens with zero attached hydrogens (tertiary/aromatic N) is 1. The summed E-state index contributed by atoms with van der Waals surface area (Å²) in [5.41, 5.74) is 5.54. The van der Waals surface area contributed by atoms with Crippen molar-refractivity contribution in [1.82, 2.24) is 4.90 Å². The topological polar surface area (TPSA) is 46.3 Å². The van der Waals surface area contributed by atoms with E-state index in [0.717, 1.165) is 25.8 Å². The average Bonchev–Trinajstić information content (AvgIpc) is 2.68. The molecule has 0 aromatic heterocycles. The molecule has 174 valence electrons. The molecule has 0 aromatic rings. The number of carbonyl (C=O) groups excluding carboxylic acids is 1. The summed E-state index contributed by atoms with van der Waals surface area (Å²) in [6, 6.07) is 0. The fraction of sp³-hybridized carbons (Fsp3) is 0.962. The molecule has 0 saturated carbocycles. The van der Waals surface area contributed by atoms with Crippen LogP contribution in [-0.4, -0.2) is 31.4 Å². The quantitative estimate of drug-likeness (QED) is 0.178. The molecular weight excluding hydrogens is 356 g/mol. The van der Waals surface area contributed by atoms with Crippen LogP contribution in [0.3, 0.4) is 0 Å². The second kappa shape index (κ2) is 22.1. The smallest absolute Gasteiger partial charge is 0.220 e. The van der Waals surface area contributed by atoms with Crippen LogP contribution in [0.5, 0.6) is 0 Å². The molecule has 1 unspecified atom stereocenters. The maximum atomic E-state index is 11.5. The number of primary amides is 1. The van der Waals surface area contributed by atoms with E-state index in [0.29, 0.717) is 0 Å². The third kappa shape index (κ3) is 21.9. The van der Waals surface area contributed by atoms with Gasteiger partial charge in [0, 0.05) is 5.92 Å². The fourth-order valence-corrected chi connectivity index (χ4v) is 4.14. The molecular formula is C26H54N2O. The summed E-state index contributed by atoms with van der Waals surface area (Å²) in [5.74, 6) is -0.0442. The molecule has 0 heterocycles. The molecule has 0 aliphatic carbocycles. The van der Waals surface area contributed by atoms with E-state index < -0.39 is 0 Å². The number of hydrogen-bond donors (Lipinski definition) is 1. The molecule has 0 fully saturated rings. The molecule has 1 atom stereocenters. The molecule has 0 aromatic carbocycles. The van der Waals surface area contributed by atoms with Gasteiger partial charge in [-0.2, -0.15) is 0 Å². The van der Waals surface area contributed by atoms with E-state index in [1.807, 2.05) is 0 Å². The van der Waals surface area contributed by atoms with Crippen LogP contribution in [0.15, 0.2) is 0 Å². The van der Waals surface area contributed by atoms with Crippen molar-refractivity contribution in [2.24, 2.45) is 11.7 Å². The zero-order chi connectivity index (χ0) is 21.6. The van der Waals surface area contributed by atoms with Gasteiger partial charge < -0.3 is 10.6 Å². The first-order valence-corrected chi connectivity index (χ1v) is 13.0. The summed E-state index contributed by atoms with van der Waals surface area (Å²) in [6.07, 6.45) is 27.0. The summed E-state index contributed by atoms with van der Waals surface area (Å²) in [5, 5.41) is 0. The summed E-state index contributed by atoms with van der Waals surface area (Å²) in [6.45, 7) is 3.24. The van der Waals surface area contributed by atoms with Gasteiger partial charge in [0.05, 0.1) is 0 Å². The highest BCUT2D eigenvalue weighted by atomic mass is 16.1. The third-order valence-electron chi connectivity index (χ3n) is 6.23. The molecule has 1 amide bonds. The zero-order valence-corrected chi connectivity index (χ0v) is 20.4. The largest absolute Gasteiger partial charge is 0.369 e. The lowest BCUT2D eigenvalue weighted by molar-refractivity contribution is -0.122. The van der Waals surface area contributed by atoms with Gasteiger partial charge >= 0.3 is 0 Å². The standard InChI is InChI=1S/C26H54N2O/c1-4-5-6-7-8-9-10-11-12-13-14-15-16-17-18-19-20-21-22-25(26(27)29)23-24-28(2)3/h25H,4-24H2,1-3H3,(H2,27,29). The lowest BCUT2D eigenvalue weighted by Crippen LogP contribution is -2.27. The molecule has 3 nitrogen and oxygen atoms in total. The Morgan fingerprint density at radius 1 is 0.621 bits per heavy atom. The third-order valence-corrected chi connectivity index (χ3v) is 6.23.